The van der Waals surface area contributed by atoms with Crippen molar-refractivity contribution in [1.29, 1.82) is 0 Å². The summed E-state index contributed by atoms with van der Waals surface area (Å²) in [7, 11) is 0. The summed E-state index contributed by atoms with van der Waals surface area (Å²) in [5.41, 5.74) is 13.9. The highest BCUT2D eigenvalue weighted by molar-refractivity contribution is 6.05. The van der Waals surface area contributed by atoms with Gasteiger partial charge in [-0.15, -0.1) is 0 Å². The molecule has 0 spiro atoms. The summed E-state index contributed by atoms with van der Waals surface area (Å²) in [4.78, 5) is 21.1. The number of carbonyl (C=O) groups excluding carboxylic acids is 1. The fourth-order valence-corrected chi connectivity index (χ4v) is 3.36. The van der Waals surface area contributed by atoms with E-state index in [0.717, 1.165) is 17.7 Å². The minimum atomic E-state index is -0.753. The number of nitrogens with zero attached hydrogens (tertiary/aromatic N) is 2. The number of halogens is 2. The number of hydrogen-bond acceptors (Lipinski definition) is 6. The Labute approximate surface area is 200 Å². The van der Waals surface area contributed by atoms with Crippen molar-refractivity contribution >= 4 is 23.1 Å². The number of nitrogens with two attached hydrogens (primary N) is 2. The van der Waals surface area contributed by atoms with Gasteiger partial charge in [0, 0.05) is 16.8 Å². The molecular formula is C26H23F2N5O2. The van der Waals surface area contributed by atoms with E-state index >= 15 is 0 Å². The molecule has 0 bridgehead atoms. The summed E-state index contributed by atoms with van der Waals surface area (Å²) >= 11 is 0. The monoisotopic (exact) mass is 475 g/mol. The Morgan fingerprint density at radius 1 is 0.943 bits per heavy atom. The number of nitrogens with one attached hydrogen (secondary N) is 1. The van der Waals surface area contributed by atoms with Gasteiger partial charge in [-0.3, -0.25) is 4.79 Å². The van der Waals surface area contributed by atoms with E-state index in [0.29, 0.717) is 23.4 Å². The molecule has 1 heterocycles. The third-order valence-corrected chi connectivity index (χ3v) is 5.31. The summed E-state index contributed by atoms with van der Waals surface area (Å²) in [5, 5.41) is 2.51. The van der Waals surface area contributed by atoms with Crippen LogP contribution in [0, 0.1) is 18.6 Å². The molecule has 5 N–H and O–H groups in total. The highest BCUT2D eigenvalue weighted by atomic mass is 19.1. The smallest absolute Gasteiger partial charge is 0.258 e. The molecule has 3 aromatic carbocycles. The molecule has 1 amide bonds. The van der Waals surface area contributed by atoms with Crippen LogP contribution in [0.25, 0.3) is 11.4 Å². The van der Waals surface area contributed by atoms with Crippen molar-refractivity contribution in [3.63, 3.8) is 0 Å². The Bertz CT molecular complexity index is 1360. The average molecular weight is 475 g/mol. The first-order valence-corrected chi connectivity index (χ1v) is 10.7. The minimum absolute atomic E-state index is 0.0652. The molecule has 4 rings (SSSR count). The summed E-state index contributed by atoms with van der Waals surface area (Å²) in [5.74, 6) is -1.76. The average Bonchev–Trinajstić information content (AvgIpc) is 2.84. The number of carbonyl (C=O) groups is 1. The van der Waals surface area contributed by atoms with Gasteiger partial charge in [-0.1, -0.05) is 36.4 Å². The van der Waals surface area contributed by atoms with E-state index < -0.39 is 17.5 Å². The lowest BCUT2D eigenvalue weighted by Gasteiger charge is -2.11. The maximum atomic E-state index is 14.6. The predicted molar refractivity (Wildman–Crippen MR) is 130 cm³/mol. The first-order valence-electron chi connectivity index (χ1n) is 10.7. The molecular weight excluding hydrogens is 452 g/mol. The molecule has 35 heavy (non-hydrogen) atoms. The first-order chi connectivity index (χ1) is 16.8. The second-order valence-electron chi connectivity index (χ2n) is 7.86. The molecule has 0 aliphatic rings. The normalized spacial score (nSPS) is 10.8. The van der Waals surface area contributed by atoms with Gasteiger partial charge in [-0.05, 0) is 42.8 Å². The van der Waals surface area contributed by atoms with Crippen molar-refractivity contribution in [3.8, 4) is 11.4 Å². The molecule has 0 aliphatic heterocycles. The number of aromatic nitrogens is 2. The molecule has 0 radical (unpaired) electrons. The van der Waals surface area contributed by atoms with Gasteiger partial charge >= 0.3 is 0 Å². The highest BCUT2D eigenvalue weighted by Gasteiger charge is 2.16. The first kappa shape index (κ1) is 23.8. The lowest BCUT2D eigenvalue weighted by atomic mass is 10.1. The second kappa shape index (κ2) is 10.3. The number of aryl methyl sites for hydroxylation is 1. The van der Waals surface area contributed by atoms with Crippen molar-refractivity contribution in [2.75, 3.05) is 16.8 Å². The van der Waals surface area contributed by atoms with E-state index in [1.165, 1.54) is 24.3 Å². The van der Waals surface area contributed by atoms with Crippen LogP contribution in [-0.2, 0) is 18.0 Å². The molecule has 9 heteroatoms. The molecule has 0 atom stereocenters. The van der Waals surface area contributed by atoms with Crippen LogP contribution < -0.4 is 16.8 Å². The van der Waals surface area contributed by atoms with Gasteiger partial charge in [0.05, 0.1) is 30.2 Å². The van der Waals surface area contributed by atoms with E-state index in [9.17, 15) is 13.6 Å². The highest BCUT2D eigenvalue weighted by Crippen LogP contribution is 2.25. The van der Waals surface area contributed by atoms with E-state index in [4.69, 9.17) is 16.2 Å². The third kappa shape index (κ3) is 5.59. The number of nitrogen functional groups attached to an aromatic ring is 2. The zero-order valence-corrected chi connectivity index (χ0v) is 18.9. The van der Waals surface area contributed by atoms with Crippen LogP contribution in [-0.4, -0.2) is 15.9 Å². The summed E-state index contributed by atoms with van der Waals surface area (Å²) in [6.45, 7) is 2.08. The van der Waals surface area contributed by atoms with Crippen LogP contribution in [0.4, 0.5) is 26.0 Å². The number of hydrogen-bond donors (Lipinski definition) is 3. The van der Waals surface area contributed by atoms with Crippen LogP contribution in [0.5, 0.6) is 0 Å². The van der Waals surface area contributed by atoms with Gasteiger partial charge in [-0.25, -0.2) is 18.7 Å². The van der Waals surface area contributed by atoms with E-state index in [1.807, 2.05) is 30.3 Å². The SMILES string of the molecule is Cc1nc(-c2ccc(F)c(C(=O)Nc3ccc(COCc4ccccc4)c(F)c3)c2)nc(N)c1N. The number of ether oxygens (including phenoxy) is 1. The molecule has 7 nitrogen and oxygen atoms in total. The molecule has 0 unspecified atom stereocenters. The summed E-state index contributed by atoms with van der Waals surface area (Å²) in [6, 6.07) is 17.6. The van der Waals surface area contributed by atoms with Gasteiger partial charge in [-0.2, -0.15) is 0 Å². The Morgan fingerprint density at radius 3 is 2.43 bits per heavy atom. The van der Waals surface area contributed by atoms with Gasteiger partial charge in [0.15, 0.2) is 11.6 Å². The number of benzene rings is 3. The van der Waals surface area contributed by atoms with Crippen molar-refractivity contribution in [2.45, 2.75) is 20.1 Å². The molecule has 178 valence electrons. The maximum Gasteiger partial charge on any atom is 0.258 e. The van der Waals surface area contributed by atoms with Crippen molar-refractivity contribution in [1.82, 2.24) is 9.97 Å². The van der Waals surface area contributed by atoms with Crippen molar-refractivity contribution < 1.29 is 18.3 Å². The number of amides is 1. The lowest BCUT2D eigenvalue weighted by molar-refractivity contribution is 0.102. The summed E-state index contributed by atoms with van der Waals surface area (Å²) < 4.78 is 34.6. The Morgan fingerprint density at radius 2 is 1.71 bits per heavy atom. The third-order valence-electron chi connectivity index (χ3n) is 5.31. The molecule has 0 aliphatic carbocycles. The number of rotatable bonds is 7. The molecule has 4 aromatic rings. The molecule has 0 saturated carbocycles. The minimum Gasteiger partial charge on any atom is -0.394 e. The standard InChI is InChI=1S/C26H23F2N5O2/c1-15-23(29)24(30)33-25(31-15)17-8-10-21(27)20(11-17)26(34)32-19-9-7-18(22(28)12-19)14-35-13-16-5-3-2-4-6-16/h2-12H,13-14,29H2,1H3,(H,32,34)(H2,30,31,33). The van der Waals surface area contributed by atoms with Crippen LogP contribution in [0.3, 0.4) is 0 Å². The number of anilines is 3. The van der Waals surface area contributed by atoms with Crippen LogP contribution in [0.2, 0.25) is 0 Å². The quantitative estimate of drug-likeness (QED) is 0.351. The van der Waals surface area contributed by atoms with Crippen molar-refractivity contribution in [3.05, 3.63) is 101 Å². The topological polar surface area (TPSA) is 116 Å². The zero-order valence-electron chi connectivity index (χ0n) is 18.9. The Hall–Kier alpha value is -4.37. The van der Waals surface area contributed by atoms with Gasteiger partial charge in [0.25, 0.3) is 5.91 Å². The van der Waals surface area contributed by atoms with Crippen LogP contribution in [0.1, 0.15) is 27.2 Å². The zero-order chi connectivity index (χ0) is 24.9. The maximum absolute atomic E-state index is 14.6. The molecule has 1 aromatic heterocycles. The Kier molecular flexibility index (Phi) is 6.98. The second-order valence-corrected chi connectivity index (χ2v) is 7.86. The fourth-order valence-electron chi connectivity index (χ4n) is 3.36. The fraction of sp³-hybridized carbons (Fsp3) is 0.115. The summed E-state index contributed by atoms with van der Waals surface area (Å²) in [6.07, 6.45) is 0. The van der Waals surface area contributed by atoms with Crippen LogP contribution >= 0.6 is 0 Å². The van der Waals surface area contributed by atoms with Gasteiger partial charge < -0.3 is 21.5 Å². The molecule has 0 saturated heterocycles. The van der Waals surface area contributed by atoms with Crippen molar-refractivity contribution in [2.24, 2.45) is 0 Å². The Balaban J connectivity index is 1.46. The van der Waals surface area contributed by atoms with E-state index in [2.05, 4.69) is 15.3 Å². The van der Waals surface area contributed by atoms with E-state index in [1.54, 1.807) is 6.92 Å². The predicted octanol–water partition coefficient (Wildman–Crippen LogP) is 4.86. The molecule has 0 fully saturated rings. The largest absolute Gasteiger partial charge is 0.394 e. The van der Waals surface area contributed by atoms with Gasteiger partial charge in [0.1, 0.15) is 11.6 Å². The van der Waals surface area contributed by atoms with Gasteiger partial charge in [0.2, 0.25) is 0 Å². The lowest BCUT2D eigenvalue weighted by Crippen LogP contribution is -2.14. The van der Waals surface area contributed by atoms with E-state index in [-0.39, 0.29) is 35.2 Å². The van der Waals surface area contributed by atoms with Crippen LogP contribution in [0.15, 0.2) is 66.7 Å².